The predicted molar refractivity (Wildman–Crippen MR) is 45.1 cm³/mol. The van der Waals surface area contributed by atoms with Crippen LogP contribution >= 0.6 is 0 Å². The maximum atomic E-state index is 10.3. The highest BCUT2D eigenvalue weighted by Gasteiger charge is 2.04. The predicted octanol–water partition coefficient (Wildman–Crippen LogP) is 1.55. The highest BCUT2D eigenvalue weighted by atomic mass is 16.4. The zero-order valence-electron chi connectivity index (χ0n) is 6.68. The van der Waals surface area contributed by atoms with Crippen molar-refractivity contribution in [3.8, 4) is 11.5 Å². The van der Waals surface area contributed by atoms with Gasteiger partial charge in [-0.2, -0.15) is 0 Å². The molecule has 0 bridgehead atoms. The van der Waals surface area contributed by atoms with Gasteiger partial charge in [0, 0.05) is 18.0 Å². The minimum atomic E-state index is 0.229. The minimum absolute atomic E-state index is 0.229. The Bertz CT molecular complexity index is 409. The molecule has 0 aliphatic carbocycles. The molecule has 0 aromatic carbocycles. The summed E-state index contributed by atoms with van der Waals surface area (Å²) >= 11 is 0. The molecule has 0 saturated heterocycles. The van der Waals surface area contributed by atoms with Gasteiger partial charge in [-0.3, -0.25) is 9.78 Å². The number of aromatic nitrogens is 2. The SMILES string of the molecule is O=Cc1cnc(-c2ccncc2)o1. The van der Waals surface area contributed by atoms with E-state index in [0.717, 1.165) is 5.56 Å². The lowest BCUT2D eigenvalue weighted by Crippen LogP contribution is -1.76. The number of carbonyl (C=O) groups is 1. The second kappa shape index (κ2) is 3.18. The van der Waals surface area contributed by atoms with Crippen LogP contribution in [0.3, 0.4) is 0 Å². The molecule has 2 heterocycles. The molecule has 4 nitrogen and oxygen atoms in total. The molecule has 0 atom stereocenters. The Labute approximate surface area is 74.2 Å². The molecular weight excluding hydrogens is 168 g/mol. The first-order valence-corrected chi connectivity index (χ1v) is 3.71. The van der Waals surface area contributed by atoms with Gasteiger partial charge >= 0.3 is 0 Å². The average Bonchev–Trinajstić information content (AvgIpc) is 2.67. The van der Waals surface area contributed by atoms with Crippen LogP contribution in [0, 0.1) is 0 Å². The van der Waals surface area contributed by atoms with E-state index in [1.807, 2.05) is 0 Å². The zero-order chi connectivity index (χ0) is 9.10. The van der Waals surface area contributed by atoms with E-state index in [1.54, 1.807) is 24.5 Å². The maximum Gasteiger partial charge on any atom is 0.226 e. The van der Waals surface area contributed by atoms with Crippen LogP contribution in [0.1, 0.15) is 10.6 Å². The van der Waals surface area contributed by atoms with Gasteiger partial charge in [-0.25, -0.2) is 4.98 Å². The van der Waals surface area contributed by atoms with Gasteiger partial charge in [-0.1, -0.05) is 0 Å². The lowest BCUT2D eigenvalue weighted by molar-refractivity contribution is 0.110. The molecule has 2 aromatic heterocycles. The number of nitrogens with zero attached hydrogens (tertiary/aromatic N) is 2. The molecule has 2 aromatic rings. The highest BCUT2D eigenvalue weighted by Crippen LogP contribution is 2.16. The Morgan fingerprint density at radius 3 is 2.69 bits per heavy atom. The van der Waals surface area contributed by atoms with E-state index in [0.29, 0.717) is 12.2 Å². The Morgan fingerprint density at radius 1 is 1.31 bits per heavy atom. The summed E-state index contributed by atoms with van der Waals surface area (Å²) in [7, 11) is 0. The first-order chi connectivity index (χ1) is 6.40. The summed E-state index contributed by atoms with van der Waals surface area (Å²) in [6.07, 6.45) is 5.29. The number of hydrogen-bond donors (Lipinski definition) is 0. The standard InChI is InChI=1S/C9H6N2O2/c12-6-8-5-11-9(13-8)7-1-3-10-4-2-7/h1-6H. The van der Waals surface area contributed by atoms with E-state index in [2.05, 4.69) is 9.97 Å². The van der Waals surface area contributed by atoms with E-state index in [9.17, 15) is 4.79 Å². The van der Waals surface area contributed by atoms with E-state index in [1.165, 1.54) is 6.20 Å². The highest BCUT2D eigenvalue weighted by molar-refractivity contribution is 5.70. The van der Waals surface area contributed by atoms with Crippen LogP contribution in [0.15, 0.2) is 35.1 Å². The van der Waals surface area contributed by atoms with Gasteiger partial charge in [0.2, 0.25) is 5.89 Å². The molecule has 0 fully saturated rings. The van der Waals surface area contributed by atoms with Crippen molar-refractivity contribution in [1.82, 2.24) is 9.97 Å². The van der Waals surface area contributed by atoms with Gasteiger partial charge in [0.05, 0.1) is 6.20 Å². The third kappa shape index (κ3) is 1.46. The Balaban J connectivity index is 2.41. The van der Waals surface area contributed by atoms with Crippen molar-refractivity contribution in [1.29, 1.82) is 0 Å². The summed E-state index contributed by atoms with van der Waals surface area (Å²) in [4.78, 5) is 18.1. The summed E-state index contributed by atoms with van der Waals surface area (Å²) in [5, 5.41) is 0. The second-order valence-electron chi connectivity index (χ2n) is 2.42. The fourth-order valence-electron chi connectivity index (χ4n) is 0.969. The molecule has 13 heavy (non-hydrogen) atoms. The average molecular weight is 174 g/mol. The number of carbonyl (C=O) groups excluding carboxylic acids is 1. The van der Waals surface area contributed by atoms with Crippen LogP contribution in [0.2, 0.25) is 0 Å². The molecule has 2 rings (SSSR count). The van der Waals surface area contributed by atoms with Crippen molar-refractivity contribution in [2.45, 2.75) is 0 Å². The number of pyridine rings is 1. The summed E-state index contributed by atoms with van der Waals surface area (Å²) in [5.41, 5.74) is 0.808. The third-order valence-electron chi connectivity index (χ3n) is 1.57. The van der Waals surface area contributed by atoms with Crippen molar-refractivity contribution in [3.05, 3.63) is 36.5 Å². The Morgan fingerprint density at radius 2 is 2.08 bits per heavy atom. The molecule has 0 spiro atoms. The van der Waals surface area contributed by atoms with Crippen LogP contribution in [0.5, 0.6) is 0 Å². The van der Waals surface area contributed by atoms with Crippen molar-refractivity contribution in [2.75, 3.05) is 0 Å². The first-order valence-electron chi connectivity index (χ1n) is 3.71. The lowest BCUT2D eigenvalue weighted by Gasteiger charge is -1.91. The quantitative estimate of drug-likeness (QED) is 0.648. The Kier molecular flexibility index (Phi) is 1.88. The molecule has 0 aliphatic heterocycles. The lowest BCUT2D eigenvalue weighted by atomic mass is 10.3. The van der Waals surface area contributed by atoms with Gasteiger partial charge < -0.3 is 4.42 Å². The van der Waals surface area contributed by atoms with E-state index >= 15 is 0 Å². The Hall–Kier alpha value is -1.97. The zero-order valence-corrected chi connectivity index (χ0v) is 6.68. The van der Waals surface area contributed by atoms with Crippen LogP contribution < -0.4 is 0 Å². The molecule has 0 saturated carbocycles. The fourth-order valence-corrected chi connectivity index (χ4v) is 0.969. The summed E-state index contributed by atoms with van der Waals surface area (Å²) in [5.74, 6) is 0.663. The van der Waals surface area contributed by atoms with Crippen molar-refractivity contribution in [3.63, 3.8) is 0 Å². The van der Waals surface area contributed by atoms with Crippen LogP contribution in [-0.2, 0) is 0 Å². The minimum Gasteiger partial charge on any atom is -0.433 e. The molecule has 0 N–H and O–H groups in total. The van der Waals surface area contributed by atoms with E-state index in [-0.39, 0.29) is 5.76 Å². The molecule has 64 valence electrons. The van der Waals surface area contributed by atoms with E-state index < -0.39 is 0 Å². The fraction of sp³-hybridized carbons (Fsp3) is 0. The first kappa shape index (κ1) is 7.67. The molecule has 0 unspecified atom stereocenters. The molecule has 0 radical (unpaired) electrons. The van der Waals surface area contributed by atoms with Crippen LogP contribution in [0.4, 0.5) is 0 Å². The third-order valence-corrected chi connectivity index (χ3v) is 1.57. The van der Waals surface area contributed by atoms with Gasteiger partial charge in [-0.05, 0) is 12.1 Å². The van der Waals surface area contributed by atoms with Crippen molar-refractivity contribution in [2.24, 2.45) is 0 Å². The van der Waals surface area contributed by atoms with Crippen LogP contribution in [-0.4, -0.2) is 16.3 Å². The topological polar surface area (TPSA) is 56.0 Å². The largest absolute Gasteiger partial charge is 0.433 e. The number of rotatable bonds is 2. The smallest absolute Gasteiger partial charge is 0.226 e. The summed E-state index contributed by atoms with van der Waals surface area (Å²) in [6, 6.07) is 3.53. The van der Waals surface area contributed by atoms with Crippen LogP contribution in [0.25, 0.3) is 11.5 Å². The van der Waals surface area contributed by atoms with Gasteiger partial charge in [0.1, 0.15) is 0 Å². The van der Waals surface area contributed by atoms with Gasteiger partial charge in [0.25, 0.3) is 0 Å². The number of hydrogen-bond acceptors (Lipinski definition) is 4. The van der Waals surface area contributed by atoms with Crippen molar-refractivity contribution < 1.29 is 9.21 Å². The summed E-state index contributed by atoms with van der Waals surface area (Å²) in [6.45, 7) is 0. The molecule has 0 aliphatic rings. The number of oxazole rings is 1. The van der Waals surface area contributed by atoms with Gasteiger partial charge in [0.15, 0.2) is 12.0 Å². The number of aldehydes is 1. The maximum absolute atomic E-state index is 10.3. The molecule has 0 amide bonds. The monoisotopic (exact) mass is 174 g/mol. The molecular formula is C9H6N2O2. The summed E-state index contributed by atoms with van der Waals surface area (Å²) < 4.78 is 5.11. The second-order valence-corrected chi connectivity index (χ2v) is 2.42. The van der Waals surface area contributed by atoms with Gasteiger partial charge in [-0.15, -0.1) is 0 Å². The van der Waals surface area contributed by atoms with E-state index in [4.69, 9.17) is 4.42 Å². The van der Waals surface area contributed by atoms with Crippen molar-refractivity contribution >= 4 is 6.29 Å². The normalized spacial score (nSPS) is 9.85. The molecule has 4 heteroatoms.